The van der Waals surface area contributed by atoms with Gasteiger partial charge in [0.15, 0.2) is 0 Å². The van der Waals surface area contributed by atoms with E-state index in [1.54, 1.807) is 0 Å². The molecule has 2 N–H and O–H groups in total. The highest BCUT2D eigenvalue weighted by Crippen LogP contribution is 2.32. The molecular formula is C17H28N2S. The van der Waals surface area contributed by atoms with Gasteiger partial charge >= 0.3 is 0 Å². The lowest BCUT2D eigenvalue weighted by molar-refractivity contribution is 0.0401. The number of thioether (sulfide) groups is 1. The zero-order valence-corrected chi connectivity index (χ0v) is 14.1. The molecule has 2 nitrogen and oxygen atoms in total. The Kier molecular flexibility index (Phi) is 4.83. The highest BCUT2D eigenvalue weighted by molar-refractivity contribution is 8.00. The Labute approximate surface area is 128 Å². The van der Waals surface area contributed by atoms with E-state index in [-0.39, 0.29) is 10.4 Å². The van der Waals surface area contributed by atoms with Gasteiger partial charge in [-0.3, -0.25) is 4.90 Å². The molecule has 0 saturated carbocycles. The van der Waals surface area contributed by atoms with Gasteiger partial charge in [0.1, 0.15) is 0 Å². The van der Waals surface area contributed by atoms with Crippen LogP contribution in [0.5, 0.6) is 0 Å². The number of rotatable bonds is 5. The molecule has 112 valence electrons. The fraction of sp³-hybridized carbons (Fsp3) is 0.647. The predicted molar refractivity (Wildman–Crippen MR) is 89.2 cm³/mol. The molecule has 0 aliphatic carbocycles. The molecular weight excluding hydrogens is 264 g/mol. The average Bonchev–Trinajstić information content (AvgIpc) is 2.23. The van der Waals surface area contributed by atoms with E-state index in [9.17, 15) is 0 Å². The van der Waals surface area contributed by atoms with E-state index in [2.05, 4.69) is 56.9 Å². The fourth-order valence-corrected chi connectivity index (χ4v) is 3.44. The quantitative estimate of drug-likeness (QED) is 0.835. The summed E-state index contributed by atoms with van der Waals surface area (Å²) in [5.74, 6) is 0. The number of hydrogen-bond acceptors (Lipinski definition) is 3. The van der Waals surface area contributed by atoms with Gasteiger partial charge in [-0.15, -0.1) is 11.8 Å². The largest absolute Gasteiger partial charge is 0.313 e. The van der Waals surface area contributed by atoms with Crippen molar-refractivity contribution in [1.82, 2.24) is 4.90 Å². The van der Waals surface area contributed by atoms with Crippen molar-refractivity contribution in [2.24, 2.45) is 5.73 Å². The van der Waals surface area contributed by atoms with Crippen LogP contribution in [-0.2, 0) is 6.42 Å². The third-order valence-electron chi connectivity index (χ3n) is 3.85. The maximum absolute atomic E-state index is 6.40. The molecule has 1 aromatic carbocycles. The minimum Gasteiger partial charge on any atom is -0.313 e. The molecule has 1 aliphatic heterocycles. The summed E-state index contributed by atoms with van der Waals surface area (Å²) in [5.41, 5.74) is 7.65. The summed E-state index contributed by atoms with van der Waals surface area (Å²) in [4.78, 5) is 3.73. The number of nitrogens with zero attached hydrogens (tertiary/aromatic N) is 1. The van der Waals surface area contributed by atoms with Crippen LogP contribution in [0.15, 0.2) is 29.2 Å². The summed E-state index contributed by atoms with van der Waals surface area (Å²) in [5, 5.41) is 0. The summed E-state index contributed by atoms with van der Waals surface area (Å²) in [6, 6.07) is 8.98. The second-order valence-corrected chi connectivity index (χ2v) is 8.96. The third kappa shape index (κ3) is 4.51. The second-order valence-electron chi connectivity index (χ2n) is 7.06. The van der Waals surface area contributed by atoms with Crippen LogP contribution in [0.3, 0.4) is 0 Å². The maximum Gasteiger partial charge on any atom is 0.0661 e. The van der Waals surface area contributed by atoms with Crippen LogP contribution >= 0.6 is 11.8 Å². The van der Waals surface area contributed by atoms with Crippen LogP contribution < -0.4 is 5.73 Å². The Balaban J connectivity index is 1.87. The molecule has 3 heteroatoms. The molecule has 2 rings (SSSR count). The van der Waals surface area contributed by atoms with Crippen molar-refractivity contribution in [3.8, 4) is 0 Å². The molecule has 20 heavy (non-hydrogen) atoms. The van der Waals surface area contributed by atoms with E-state index in [0.29, 0.717) is 0 Å². The van der Waals surface area contributed by atoms with Gasteiger partial charge in [-0.1, -0.05) is 32.9 Å². The molecule has 1 unspecified atom stereocenters. The SMILES string of the molecule is CC(C)(C)Sc1ccc(CCC(C)(N)N2CCC2)cc1. The van der Waals surface area contributed by atoms with Gasteiger partial charge in [0.25, 0.3) is 0 Å². The molecule has 0 radical (unpaired) electrons. The Morgan fingerprint density at radius 3 is 2.15 bits per heavy atom. The van der Waals surface area contributed by atoms with E-state index in [0.717, 1.165) is 25.9 Å². The predicted octanol–water partition coefficient (Wildman–Crippen LogP) is 3.89. The van der Waals surface area contributed by atoms with Crippen molar-refractivity contribution < 1.29 is 0 Å². The van der Waals surface area contributed by atoms with Crippen LogP contribution in [0.25, 0.3) is 0 Å². The Hall–Kier alpha value is -0.510. The maximum atomic E-state index is 6.40. The molecule has 0 amide bonds. The molecule has 1 saturated heterocycles. The van der Waals surface area contributed by atoms with E-state index in [1.165, 1.54) is 16.9 Å². The first kappa shape index (κ1) is 15.9. The first-order chi connectivity index (χ1) is 9.26. The Bertz CT molecular complexity index is 427. The van der Waals surface area contributed by atoms with Crippen molar-refractivity contribution in [2.75, 3.05) is 13.1 Å². The molecule has 0 spiro atoms. The standard InChI is InChI=1S/C17H28N2S/c1-16(2,3)20-15-8-6-14(7-9-15)10-11-17(4,18)19-12-5-13-19/h6-9H,5,10-13,18H2,1-4H3. The van der Waals surface area contributed by atoms with Crippen LogP contribution in [-0.4, -0.2) is 28.4 Å². The van der Waals surface area contributed by atoms with Crippen molar-refractivity contribution in [3.05, 3.63) is 29.8 Å². The summed E-state index contributed by atoms with van der Waals surface area (Å²) in [6.07, 6.45) is 3.38. The first-order valence-corrected chi connectivity index (χ1v) is 8.40. The fourth-order valence-electron chi connectivity index (χ4n) is 2.46. The molecule has 1 aromatic rings. The van der Waals surface area contributed by atoms with Gasteiger partial charge in [0.05, 0.1) is 5.66 Å². The summed E-state index contributed by atoms with van der Waals surface area (Å²) in [6.45, 7) is 11.2. The highest BCUT2D eigenvalue weighted by Gasteiger charge is 2.30. The van der Waals surface area contributed by atoms with Gasteiger partial charge < -0.3 is 5.73 Å². The third-order valence-corrected chi connectivity index (χ3v) is 4.97. The molecule has 1 fully saturated rings. The molecule has 1 atom stereocenters. The van der Waals surface area contributed by atoms with E-state index < -0.39 is 0 Å². The molecule has 1 heterocycles. The van der Waals surface area contributed by atoms with Gasteiger partial charge in [0, 0.05) is 22.7 Å². The number of likely N-dealkylation sites (tertiary alicyclic amines) is 1. The van der Waals surface area contributed by atoms with Gasteiger partial charge in [0.2, 0.25) is 0 Å². The lowest BCUT2D eigenvalue weighted by atomic mass is 9.97. The molecule has 1 aliphatic rings. The van der Waals surface area contributed by atoms with E-state index in [4.69, 9.17) is 5.73 Å². The van der Waals surface area contributed by atoms with Gasteiger partial charge in [-0.05, 0) is 43.9 Å². The highest BCUT2D eigenvalue weighted by atomic mass is 32.2. The smallest absolute Gasteiger partial charge is 0.0661 e. The van der Waals surface area contributed by atoms with E-state index in [1.807, 2.05) is 11.8 Å². The molecule has 0 aromatic heterocycles. The average molecular weight is 292 g/mol. The molecule has 0 bridgehead atoms. The lowest BCUT2D eigenvalue weighted by Crippen LogP contribution is -2.59. The Morgan fingerprint density at radius 1 is 1.10 bits per heavy atom. The summed E-state index contributed by atoms with van der Waals surface area (Å²) >= 11 is 1.92. The summed E-state index contributed by atoms with van der Waals surface area (Å²) in [7, 11) is 0. The number of aryl methyl sites for hydroxylation is 1. The van der Waals surface area contributed by atoms with Gasteiger partial charge in [-0.2, -0.15) is 0 Å². The Morgan fingerprint density at radius 2 is 1.70 bits per heavy atom. The van der Waals surface area contributed by atoms with Crippen molar-refractivity contribution >= 4 is 11.8 Å². The van der Waals surface area contributed by atoms with Crippen molar-refractivity contribution in [1.29, 1.82) is 0 Å². The van der Waals surface area contributed by atoms with Gasteiger partial charge in [-0.25, -0.2) is 0 Å². The minimum atomic E-state index is -0.142. The normalized spacial score (nSPS) is 19.4. The van der Waals surface area contributed by atoms with Crippen molar-refractivity contribution in [3.63, 3.8) is 0 Å². The monoisotopic (exact) mass is 292 g/mol. The van der Waals surface area contributed by atoms with E-state index >= 15 is 0 Å². The van der Waals surface area contributed by atoms with Crippen molar-refractivity contribution in [2.45, 2.75) is 62.3 Å². The van der Waals surface area contributed by atoms with Crippen LogP contribution in [0.1, 0.15) is 46.1 Å². The number of nitrogens with two attached hydrogens (primary N) is 1. The minimum absolute atomic E-state index is 0.142. The topological polar surface area (TPSA) is 29.3 Å². The second kappa shape index (κ2) is 6.08. The lowest BCUT2D eigenvalue weighted by Gasteiger charge is -2.44. The number of hydrogen-bond donors (Lipinski definition) is 1. The summed E-state index contributed by atoms with van der Waals surface area (Å²) < 4.78 is 0.273. The zero-order chi connectivity index (χ0) is 14.8. The zero-order valence-electron chi connectivity index (χ0n) is 13.3. The van der Waals surface area contributed by atoms with Crippen LogP contribution in [0.4, 0.5) is 0 Å². The number of benzene rings is 1. The van der Waals surface area contributed by atoms with Crippen LogP contribution in [0.2, 0.25) is 0 Å². The first-order valence-electron chi connectivity index (χ1n) is 7.58. The van der Waals surface area contributed by atoms with Crippen LogP contribution in [0, 0.1) is 0 Å².